The van der Waals surface area contributed by atoms with Crippen LogP contribution in [-0.4, -0.2) is 39.5 Å². The second-order valence-electron chi connectivity index (χ2n) is 6.40. The molecule has 1 aromatic heterocycles. The number of carbonyl (C=O) groups excluding carboxylic acids is 2. The fraction of sp³-hybridized carbons (Fsp3) is 0.667. The first-order valence-corrected chi connectivity index (χ1v) is 7.29. The van der Waals surface area contributed by atoms with Crippen molar-refractivity contribution in [1.29, 1.82) is 0 Å². The Labute approximate surface area is 125 Å². The van der Waals surface area contributed by atoms with Gasteiger partial charge in [0.05, 0.1) is 5.69 Å². The maximum absolute atomic E-state index is 12.1. The van der Waals surface area contributed by atoms with Gasteiger partial charge >= 0.3 is 6.09 Å². The highest BCUT2D eigenvalue weighted by Crippen LogP contribution is 2.22. The van der Waals surface area contributed by atoms with E-state index in [9.17, 15) is 9.59 Å². The van der Waals surface area contributed by atoms with Crippen LogP contribution in [-0.2, 0) is 22.5 Å². The first-order chi connectivity index (χ1) is 9.81. The molecule has 2 rings (SSSR count). The van der Waals surface area contributed by atoms with E-state index >= 15 is 0 Å². The van der Waals surface area contributed by atoms with Crippen molar-refractivity contribution in [1.82, 2.24) is 14.5 Å². The van der Waals surface area contributed by atoms with Crippen molar-refractivity contribution in [2.75, 3.05) is 7.05 Å². The average Bonchev–Trinajstić information content (AvgIpc) is 2.80. The van der Waals surface area contributed by atoms with Gasteiger partial charge in [-0.15, -0.1) is 0 Å². The second kappa shape index (κ2) is 5.87. The second-order valence-corrected chi connectivity index (χ2v) is 6.40. The van der Waals surface area contributed by atoms with Gasteiger partial charge in [0.25, 0.3) is 0 Å². The zero-order valence-corrected chi connectivity index (χ0v) is 13.1. The lowest BCUT2D eigenvalue weighted by Crippen LogP contribution is -2.37. The molecule has 1 atom stereocenters. The monoisotopic (exact) mass is 293 g/mol. The fourth-order valence-corrected chi connectivity index (χ4v) is 2.38. The van der Waals surface area contributed by atoms with E-state index in [1.165, 1.54) is 4.90 Å². The lowest BCUT2D eigenvalue weighted by Gasteiger charge is -2.27. The number of aryl methyl sites for hydroxylation is 2. The zero-order chi connectivity index (χ0) is 15.6. The van der Waals surface area contributed by atoms with Gasteiger partial charge in [-0.2, -0.15) is 0 Å². The first-order valence-electron chi connectivity index (χ1n) is 7.29. The molecule has 1 aliphatic rings. The Balaban J connectivity index is 2.17. The predicted molar refractivity (Wildman–Crippen MR) is 78.0 cm³/mol. The van der Waals surface area contributed by atoms with Crippen molar-refractivity contribution in [2.24, 2.45) is 0 Å². The van der Waals surface area contributed by atoms with Gasteiger partial charge < -0.3 is 14.1 Å². The molecule has 6 nitrogen and oxygen atoms in total. The number of aldehydes is 1. The molecule has 2 heterocycles. The molecule has 0 spiro atoms. The van der Waals surface area contributed by atoms with Crippen molar-refractivity contribution in [3.63, 3.8) is 0 Å². The molecule has 0 aliphatic carbocycles. The normalized spacial score (nSPS) is 16.0. The third kappa shape index (κ3) is 3.62. The van der Waals surface area contributed by atoms with Crippen LogP contribution >= 0.6 is 0 Å². The van der Waals surface area contributed by atoms with Crippen molar-refractivity contribution in [3.8, 4) is 0 Å². The summed E-state index contributed by atoms with van der Waals surface area (Å²) in [7, 11) is 1.56. The molecule has 0 aromatic carbocycles. The summed E-state index contributed by atoms with van der Waals surface area (Å²) in [5.41, 5.74) is 0.0157. The summed E-state index contributed by atoms with van der Waals surface area (Å²) in [4.78, 5) is 29.3. The van der Waals surface area contributed by atoms with Crippen LogP contribution in [0.15, 0.2) is 6.20 Å². The zero-order valence-electron chi connectivity index (χ0n) is 13.1. The van der Waals surface area contributed by atoms with Gasteiger partial charge in [0.2, 0.25) is 0 Å². The molecule has 0 fully saturated rings. The number of amides is 1. The minimum atomic E-state index is -0.710. The van der Waals surface area contributed by atoms with Crippen molar-refractivity contribution < 1.29 is 14.3 Å². The van der Waals surface area contributed by atoms with Crippen LogP contribution in [0, 0.1) is 0 Å². The number of nitrogens with zero attached hydrogens (tertiary/aromatic N) is 3. The van der Waals surface area contributed by atoms with Crippen LogP contribution in [0.5, 0.6) is 0 Å². The maximum atomic E-state index is 12.1. The summed E-state index contributed by atoms with van der Waals surface area (Å²) in [5.74, 6) is 0.987. The molecule has 1 unspecified atom stereocenters. The molecule has 116 valence electrons. The Bertz CT molecular complexity index is 507. The lowest BCUT2D eigenvalue weighted by molar-refractivity contribution is -0.112. The van der Waals surface area contributed by atoms with E-state index in [2.05, 4.69) is 9.55 Å². The first kappa shape index (κ1) is 15.5. The van der Waals surface area contributed by atoms with E-state index in [1.54, 1.807) is 27.8 Å². The molecular formula is C15H23N3O3. The van der Waals surface area contributed by atoms with E-state index in [4.69, 9.17) is 4.74 Å². The molecule has 1 aliphatic heterocycles. The summed E-state index contributed by atoms with van der Waals surface area (Å²) in [6.45, 7) is 6.31. The highest BCUT2D eigenvalue weighted by molar-refractivity contribution is 5.74. The standard InChI is InChI=1S/C15H23N3O3/c1-15(2,3)21-14(20)17(4)12(10-19)11-9-18-8-6-5-7-13(18)16-11/h9-10,12H,5-8H2,1-4H3. The van der Waals surface area contributed by atoms with Gasteiger partial charge in [-0.3, -0.25) is 4.90 Å². The molecule has 0 saturated heterocycles. The van der Waals surface area contributed by atoms with E-state index in [0.717, 1.165) is 37.9 Å². The SMILES string of the molecule is CN(C(=O)OC(C)(C)C)C(C=O)c1cn2c(n1)CCCC2. The minimum Gasteiger partial charge on any atom is -0.444 e. The number of aromatic nitrogens is 2. The van der Waals surface area contributed by atoms with E-state index < -0.39 is 17.7 Å². The highest BCUT2D eigenvalue weighted by atomic mass is 16.6. The van der Waals surface area contributed by atoms with Crippen LogP contribution in [0.2, 0.25) is 0 Å². The van der Waals surface area contributed by atoms with Gasteiger partial charge in [0.15, 0.2) is 0 Å². The van der Waals surface area contributed by atoms with E-state index in [1.807, 2.05) is 6.20 Å². The number of hydrogen-bond acceptors (Lipinski definition) is 4. The number of carbonyl (C=O) groups is 2. The topological polar surface area (TPSA) is 64.4 Å². The third-order valence-electron chi connectivity index (χ3n) is 3.46. The quantitative estimate of drug-likeness (QED) is 0.802. The number of rotatable bonds is 3. The molecule has 0 N–H and O–H groups in total. The maximum Gasteiger partial charge on any atom is 0.410 e. The van der Waals surface area contributed by atoms with Gasteiger partial charge in [0.1, 0.15) is 23.8 Å². The number of hydrogen-bond donors (Lipinski definition) is 0. The number of likely N-dealkylation sites (N-methyl/N-ethyl adjacent to an activating group) is 1. The Hall–Kier alpha value is -1.85. The average molecular weight is 293 g/mol. The largest absolute Gasteiger partial charge is 0.444 e. The third-order valence-corrected chi connectivity index (χ3v) is 3.46. The van der Waals surface area contributed by atoms with Crippen molar-refractivity contribution in [2.45, 2.75) is 58.2 Å². The Morgan fingerprint density at radius 3 is 2.76 bits per heavy atom. The molecule has 21 heavy (non-hydrogen) atoms. The molecule has 0 radical (unpaired) electrons. The van der Waals surface area contributed by atoms with Crippen LogP contribution < -0.4 is 0 Å². The van der Waals surface area contributed by atoms with E-state index in [-0.39, 0.29) is 0 Å². The molecule has 0 saturated carbocycles. The minimum absolute atomic E-state index is 0.523. The van der Waals surface area contributed by atoms with Gasteiger partial charge in [-0.05, 0) is 33.6 Å². The van der Waals surface area contributed by atoms with Crippen molar-refractivity contribution in [3.05, 3.63) is 17.7 Å². The van der Waals surface area contributed by atoms with Crippen LogP contribution in [0.4, 0.5) is 4.79 Å². The number of imidazole rings is 1. The Morgan fingerprint density at radius 2 is 2.19 bits per heavy atom. The molecule has 1 amide bonds. The van der Waals surface area contributed by atoms with Gasteiger partial charge in [-0.25, -0.2) is 9.78 Å². The molecule has 6 heteroatoms. The molecular weight excluding hydrogens is 270 g/mol. The van der Waals surface area contributed by atoms with Crippen LogP contribution in [0.3, 0.4) is 0 Å². The Morgan fingerprint density at radius 1 is 1.48 bits per heavy atom. The molecule has 1 aromatic rings. The number of fused-ring (bicyclic) bond motifs is 1. The number of ether oxygens (including phenoxy) is 1. The van der Waals surface area contributed by atoms with Crippen LogP contribution in [0.25, 0.3) is 0 Å². The summed E-state index contributed by atoms with van der Waals surface area (Å²) in [6.07, 6.45) is 5.24. The predicted octanol–water partition coefficient (Wildman–Crippen LogP) is 2.33. The summed E-state index contributed by atoms with van der Waals surface area (Å²) in [6, 6.07) is -0.710. The van der Waals surface area contributed by atoms with Gasteiger partial charge in [-0.1, -0.05) is 0 Å². The molecule has 0 bridgehead atoms. The summed E-state index contributed by atoms with van der Waals surface area (Å²) < 4.78 is 7.37. The highest BCUT2D eigenvalue weighted by Gasteiger charge is 2.28. The summed E-state index contributed by atoms with van der Waals surface area (Å²) in [5, 5.41) is 0. The van der Waals surface area contributed by atoms with Gasteiger partial charge in [0, 0.05) is 26.2 Å². The fourth-order valence-electron chi connectivity index (χ4n) is 2.38. The van der Waals surface area contributed by atoms with Crippen molar-refractivity contribution >= 4 is 12.4 Å². The lowest BCUT2D eigenvalue weighted by atomic mass is 10.2. The van der Waals surface area contributed by atoms with E-state index in [0.29, 0.717) is 5.69 Å². The van der Waals surface area contributed by atoms with Crippen LogP contribution in [0.1, 0.15) is 51.2 Å². The summed E-state index contributed by atoms with van der Waals surface area (Å²) >= 11 is 0. The smallest absolute Gasteiger partial charge is 0.410 e. The Kier molecular flexibility index (Phi) is 4.34.